The van der Waals surface area contributed by atoms with Crippen molar-refractivity contribution in [1.29, 1.82) is 0 Å². The molecule has 0 amide bonds. The van der Waals surface area contributed by atoms with Crippen LogP contribution in [0.4, 0.5) is 0 Å². The molecule has 2 aliphatic rings. The molecule has 0 fully saturated rings. The summed E-state index contributed by atoms with van der Waals surface area (Å²) >= 11 is 1.60. The van der Waals surface area contributed by atoms with Crippen LogP contribution >= 0.6 is 11.8 Å². The van der Waals surface area contributed by atoms with Crippen LogP contribution in [0.5, 0.6) is 0 Å². The molecule has 1 aliphatic carbocycles. The van der Waals surface area contributed by atoms with Crippen molar-refractivity contribution in [3.63, 3.8) is 0 Å². The number of hydrogen-bond acceptors (Lipinski definition) is 3. The second-order valence-corrected chi connectivity index (χ2v) is 4.74. The number of carbonyl (C=O) groups excluding carboxylic acids is 1. The highest BCUT2D eigenvalue weighted by molar-refractivity contribution is 8.04. The summed E-state index contributed by atoms with van der Waals surface area (Å²) in [5, 5.41) is 9.21. The minimum atomic E-state index is 0.0801. The molecule has 2 unspecified atom stereocenters. The molecule has 0 saturated heterocycles. The zero-order chi connectivity index (χ0) is 10.1. The maximum atomic E-state index is 11.3. The van der Waals surface area contributed by atoms with Crippen LogP contribution in [-0.2, 0) is 4.79 Å². The summed E-state index contributed by atoms with van der Waals surface area (Å²) in [6, 6.07) is 0. The van der Waals surface area contributed by atoms with Gasteiger partial charge in [-0.2, -0.15) is 0 Å². The first kappa shape index (κ1) is 9.74. The van der Waals surface area contributed by atoms with Crippen molar-refractivity contribution >= 4 is 17.5 Å². The first-order valence-electron chi connectivity index (χ1n) is 4.60. The molecule has 0 bridgehead atoms. The fraction of sp³-hybridized carbons (Fsp3) is 0.364. The first-order chi connectivity index (χ1) is 6.72. The summed E-state index contributed by atoms with van der Waals surface area (Å²) in [7, 11) is 0. The van der Waals surface area contributed by atoms with E-state index in [0.717, 1.165) is 10.5 Å². The molecule has 1 aliphatic heterocycles. The quantitative estimate of drug-likeness (QED) is 0.750. The van der Waals surface area contributed by atoms with Crippen LogP contribution in [0, 0.1) is 5.92 Å². The van der Waals surface area contributed by atoms with Gasteiger partial charge in [0, 0.05) is 21.6 Å². The van der Waals surface area contributed by atoms with Crippen LogP contribution in [0.25, 0.3) is 0 Å². The Hall–Kier alpha value is -0.800. The number of allylic oxidation sites excluding steroid dienone is 4. The molecule has 0 aromatic rings. The van der Waals surface area contributed by atoms with Gasteiger partial charge in [-0.25, -0.2) is 0 Å². The molecule has 0 saturated carbocycles. The van der Waals surface area contributed by atoms with Gasteiger partial charge in [-0.05, 0) is 6.92 Å². The maximum Gasteiger partial charge on any atom is 0.156 e. The third kappa shape index (κ3) is 1.57. The zero-order valence-electron chi connectivity index (χ0n) is 7.93. The summed E-state index contributed by atoms with van der Waals surface area (Å²) in [6.45, 7) is 1.68. The summed E-state index contributed by atoms with van der Waals surface area (Å²) in [4.78, 5) is 12.3. The second-order valence-electron chi connectivity index (χ2n) is 3.47. The molecule has 2 nitrogen and oxygen atoms in total. The van der Waals surface area contributed by atoms with E-state index in [1.807, 2.05) is 18.2 Å². The van der Waals surface area contributed by atoms with Gasteiger partial charge < -0.3 is 5.11 Å². The fourth-order valence-electron chi connectivity index (χ4n) is 1.80. The van der Waals surface area contributed by atoms with Gasteiger partial charge in [0.25, 0.3) is 0 Å². The molecular weight excluding hydrogens is 196 g/mol. The van der Waals surface area contributed by atoms with Gasteiger partial charge in [0.1, 0.15) is 0 Å². The molecule has 0 aromatic carbocycles. The lowest BCUT2D eigenvalue weighted by Crippen LogP contribution is -2.19. The third-order valence-electron chi connectivity index (χ3n) is 2.48. The number of Topliss-reactive ketones (excluding diaryl/α,β-unsaturated/α-hetero) is 1. The van der Waals surface area contributed by atoms with Gasteiger partial charge in [-0.1, -0.05) is 24.3 Å². The average molecular weight is 208 g/mol. The van der Waals surface area contributed by atoms with Crippen LogP contribution in [-0.4, -0.2) is 22.7 Å². The molecule has 1 heterocycles. The van der Waals surface area contributed by atoms with Gasteiger partial charge in [0.2, 0.25) is 0 Å². The Morgan fingerprint density at radius 3 is 3.07 bits per heavy atom. The monoisotopic (exact) mass is 208 g/mol. The number of ketones is 1. The number of aliphatic hydroxyl groups is 1. The van der Waals surface area contributed by atoms with Crippen molar-refractivity contribution in [3.8, 4) is 0 Å². The van der Waals surface area contributed by atoms with Crippen molar-refractivity contribution in [2.75, 3.05) is 6.61 Å². The van der Waals surface area contributed by atoms with Gasteiger partial charge in [0.05, 0.1) is 6.61 Å². The zero-order valence-corrected chi connectivity index (χ0v) is 8.75. The molecule has 0 spiro atoms. The Kier molecular flexibility index (Phi) is 2.61. The van der Waals surface area contributed by atoms with E-state index in [0.29, 0.717) is 0 Å². The van der Waals surface area contributed by atoms with E-state index in [2.05, 4.69) is 6.08 Å². The van der Waals surface area contributed by atoms with E-state index >= 15 is 0 Å². The van der Waals surface area contributed by atoms with E-state index in [4.69, 9.17) is 5.11 Å². The molecule has 14 heavy (non-hydrogen) atoms. The smallest absolute Gasteiger partial charge is 0.156 e. The Morgan fingerprint density at radius 1 is 1.64 bits per heavy atom. The van der Waals surface area contributed by atoms with Crippen molar-refractivity contribution in [2.24, 2.45) is 5.92 Å². The molecule has 74 valence electrons. The van der Waals surface area contributed by atoms with Crippen molar-refractivity contribution in [1.82, 2.24) is 0 Å². The summed E-state index contributed by atoms with van der Waals surface area (Å²) in [6.07, 6.45) is 7.93. The predicted molar refractivity (Wildman–Crippen MR) is 57.9 cm³/mol. The van der Waals surface area contributed by atoms with Crippen LogP contribution in [0.1, 0.15) is 6.92 Å². The minimum Gasteiger partial charge on any atom is -0.391 e. The molecule has 0 radical (unpaired) electrons. The van der Waals surface area contributed by atoms with Gasteiger partial charge in [0.15, 0.2) is 5.78 Å². The van der Waals surface area contributed by atoms with Gasteiger partial charge in [-0.3, -0.25) is 4.79 Å². The van der Waals surface area contributed by atoms with Crippen molar-refractivity contribution < 1.29 is 9.90 Å². The van der Waals surface area contributed by atoms with Crippen LogP contribution < -0.4 is 0 Å². The van der Waals surface area contributed by atoms with E-state index in [1.54, 1.807) is 18.7 Å². The lowest BCUT2D eigenvalue weighted by molar-refractivity contribution is -0.113. The van der Waals surface area contributed by atoms with Crippen molar-refractivity contribution in [2.45, 2.75) is 12.2 Å². The molecule has 3 heteroatoms. The third-order valence-corrected chi connectivity index (χ3v) is 3.87. The highest BCUT2D eigenvalue weighted by Gasteiger charge is 2.32. The van der Waals surface area contributed by atoms with Crippen molar-refractivity contribution in [3.05, 3.63) is 34.8 Å². The normalized spacial score (nSPS) is 29.6. The standard InChI is InChI=1S/C11H12O2S/c1-7(13)10-4-2-3-8-5-9(6-12)14-11(8)10/h2-5,8,11-12H,6H2,1H3. The topological polar surface area (TPSA) is 37.3 Å². The lowest BCUT2D eigenvalue weighted by Gasteiger charge is -2.20. The van der Waals surface area contributed by atoms with Gasteiger partial charge >= 0.3 is 0 Å². The summed E-state index contributed by atoms with van der Waals surface area (Å²) < 4.78 is 0. The first-order valence-corrected chi connectivity index (χ1v) is 5.48. The molecule has 0 aromatic heterocycles. The minimum absolute atomic E-state index is 0.0801. The second kappa shape index (κ2) is 3.75. The van der Waals surface area contributed by atoms with Crippen LogP contribution in [0.3, 0.4) is 0 Å². The molecule has 2 atom stereocenters. The lowest BCUT2D eigenvalue weighted by atomic mass is 9.91. The number of carbonyl (C=O) groups is 1. The maximum absolute atomic E-state index is 11.3. The van der Waals surface area contributed by atoms with E-state index in [1.165, 1.54) is 0 Å². The number of aliphatic hydroxyl groups excluding tert-OH is 1. The van der Waals surface area contributed by atoms with Crippen LogP contribution in [0.15, 0.2) is 34.8 Å². The largest absolute Gasteiger partial charge is 0.391 e. The number of hydrogen-bond donors (Lipinski definition) is 1. The summed E-state index contributed by atoms with van der Waals surface area (Å²) in [5.41, 5.74) is 0.863. The number of rotatable bonds is 2. The molecule has 1 N–H and O–H groups in total. The van der Waals surface area contributed by atoms with Gasteiger partial charge in [-0.15, -0.1) is 11.8 Å². The Bertz CT molecular complexity index is 352. The Balaban J connectivity index is 2.25. The van der Waals surface area contributed by atoms with Crippen LogP contribution in [0.2, 0.25) is 0 Å². The molecular formula is C11H12O2S. The summed E-state index contributed by atoms with van der Waals surface area (Å²) in [5.74, 6) is 0.412. The van der Waals surface area contributed by atoms with E-state index in [9.17, 15) is 4.79 Å². The predicted octanol–water partition coefficient (Wildman–Crippen LogP) is 1.68. The van der Waals surface area contributed by atoms with E-state index < -0.39 is 0 Å². The average Bonchev–Trinajstić information content (AvgIpc) is 2.59. The SMILES string of the molecule is CC(=O)C1=CC=CC2C=C(CO)SC12. The molecule has 2 rings (SSSR count). The number of fused-ring (bicyclic) bond motifs is 1. The Morgan fingerprint density at radius 2 is 2.43 bits per heavy atom. The van der Waals surface area contributed by atoms with E-state index in [-0.39, 0.29) is 23.6 Å². The highest BCUT2D eigenvalue weighted by atomic mass is 32.2. The highest BCUT2D eigenvalue weighted by Crippen LogP contribution is 2.42. The Labute approximate surface area is 87.4 Å². The fourth-order valence-corrected chi connectivity index (χ4v) is 3.13. The number of thioether (sulfide) groups is 1.